The highest BCUT2D eigenvalue weighted by atomic mass is 35.5. The molecule has 0 bridgehead atoms. The number of hydrogen-bond acceptors (Lipinski definition) is 4. The third-order valence-corrected chi connectivity index (χ3v) is 3.68. The van der Waals surface area contributed by atoms with Crippen LogP contribution in [0.25, 0.3) is 0 Å². The van der Waals surface area contributed by atoms with Crippen molar-refractivity contribution in [2.75, 3.05) is 13.2 Å². The summed E-state index contributed by atoms with van der Waals surface area (Å²) in [4.78, 5) is 27.4. The van der Waals surface area contributed by atoms with Gasteiger partial charge in [-0.1, -0.05) is 29.3 Å². The topological polar surface area (TPSA) is 55.7 Å². The number of benzene rings is 1. The van der Waals surface area contributed by atoms with Crippen molar-refractivity contribution in [1.82, 2.24) is 0 Å². The lowest BCUT2D eigenvalue weighted by Crippen LogP contribution is -2.28. The minimum absolute atomic E-state index is 0.0409. The lowest BCUT2D eigenvalue weighted by Gasteiger charge is -2.15. The highest BCUT2D eigenvalue weighted by Gasteiger charge is 2.29. The van der Waals surface area contributed by atoms with Crippen molar-refractivity contribution < 1.29 is 27.5 Å². The molecule has 0 N–H and O–H groups in total. The number of nitrogens with zero attached hydrogens (tertiary/aromatic N) is 1. The molecule has 4 nitrogen and oxygen atoms in total. The van der Waals surface area contributed by atoms with Gasteiger partial charge in [0.1, 0.15) is 12.5 Å². The molecule has 0 aromatic heterocycles. The van der Waals surface area contributed by atoms with Crippen molar-refractivity contribution in [3.63, 3.8) is 0 Å². The third-order valence-electron chi connectivity index (χ3n) is 3.09. The second-order valence-electron chi connectivity index (χ2n) is 5.05. The molecule has 0 aliphatic carbocycles. The maximum atomic E-state index is 12.2. The molecule has 0 aliphatic heterocycles. The van der Waals surface area contributed by atoms with Crippen LogP contribution in [0.4, 0.5) is 13.2 Å². The average Bonchev–Trinajstić information content (AvgIpc) is 2.50. The van der Waals surface area contributed by atoms with Crippen molar-refractivity contribution in [3.05, 3.63) is 33.8 Å². The van der Waals surface area contributed by atoms with E-state index in [0.29, 0.717) is 10.6 Å². The fourth-order valence-corrected chi connectivity index (χ4v) is 2.43. The van der Waals surface area contributed by atoms with Gasteiger partial charge in [-0.15, -0.1) is 0 Å². The summed E-state index contributed by atoms with van der Waals surface area (Å²) in [7, 11) is 0. The second-order valence-corrected chi connectivity index (χ2v) is 5.90. The Balaban J connectivity index is 2.85. The Hall–Kier alpha value is -1.60. The van der Waals surface area contributed by atoms with Gasteiger partial charge in [-0.3, -0.25) is 14.6 Å². The zero-order valence-corrected chi connectivity index (χ0v) is 14.8. The summed E-state index contributed by atoms with van der Waals surface area (Å²) in [5.74, 6) is -2.55. The van der Waals surface area contributed by atoms with E-state index >= 15 is 0 Å². The predicted octanol–water partition coefficient (Wildman–Crippen LogP) is 4.31. The molecule has 0 spiro atoms. The summed E-state index contributed by atoms with van der Waals surface area (Å²) >= 11 is 11.8. The summed E-state index contributed by atoms with van der Waals surface area (Å²) in [6.45, 7) is 0.270. The van der Waals surface area contributed by atoms with Gasteiger partial charge in [0.15, 0.2) is 5.78 Å². The number of esters is 1. The van der Waals surface area contributed by atoms with E-state index in [4.69, 9.17) is 27.9 Å². The molecule has 0 saturated heterocycles. The smallest absolute Gasteiger partial charge is 0.407 e. The summed E-state index contributed by atoms with van der Waals surface area (Å²) < 4.78 is 41.0. The van der Waals surface area contributed by atoms with Gasteiger partial charge in [-0.05, 0) is 31.0 Å². The van der Waals surface area contributed by atoms with Gasteiger partial charge in [-0.25, -0.2) is 0 Å². The monoisotopic (exact) mass is 397 g/mol. The highest BCUT2D eigenvalue weighted by Crippen LogP contribution is 2.24. The molecule has 25 heavy (non-hydrogen) atoms. The summed E-state index contributed by atoms with van der Waals surface area (Å²) in [6.07, 6.45) is -4.05. The van der Waals surface area contributed by atoms with Crippen molar-refractivity contribution in [1.29, 1.82) is 0 Å². The van der Waals surface area contributed by atoms with E-state index in [9.17, 15) is 22.8 Å². The minimum Gasteiger partial charge on any atom is -0.465 e. The van der Waals surface area contributed by atoms with Crippen molar-refractivity contribution in [2.24, 2.45) is 10.9 Å². The van der Waals surface area contributed by atoms with E-state index in [1.165, 1.54) is 6.07 Å². The molecule has 0 amide bonds. The molecule has 1 aromatic rings. The number of alkyl halides is 3. The first-order valence-electron chi connectivity index (χ1n) is 7.32. The Bertz CT molecular complexity index is 648. The van der Waals surface area contributed by atoms with Crippen LogP contribution >= 0.6 is 23.2 Å². The first-order chi connectivity index (χ1) is 11.6. The molecular formula is C16H16Cl2F3NO3. The summed E-state index contributed by atoms with van der Waals surface area (Å²) in [6, 6.07) is 4.60. The first kappa shape index (κ1) is 21.4. The predicted molar refractivity (Wildman–Crippen MR) is 89.3 cm³/mol. The zero-order valence-electron chi connectivity index (χ0n) is 13.3. The number of rotatable bonds is 8. The number of aliphatic imine (C=N–C) groups is 1. The molecule has 9 heteroatoms. The van der Waals surface area contributed by atoms with E-state index in [0.717, 1.165) is 6.21 Å². The van der Waals surface area contributed by atoms with Crippen LogP contribution in [0.5, 0.6) is 0 Å². The van der Waals surface area contributed by atoms with Crippen molar-refractivity contribution in [2.45, 2.75) is 25.9 Å². The normalized spacial score (nSPS) is 13.0. The number of carbonyl (C=O) groups excluding carboxylic acids is 2. The van der Waals surface area contributed by atoms with Gasteiger partial charge in [0.05, 0.1) is 6.61 Å². The standard InChI is InChI=1S/C16H16Cl2F3NO3/c1-2-25-15(24)12(7-10-3-4-11(17)8-13(10)18)14(23)5-6-22-9-16(19,20)21/h3-4,6,8,12H,2,5,7,9H2,1H3/t12-/m1/s1. The van der Waals surface area contributed by atoms with Crippen LogP contribution in [-0.2, 0) is 20.7 Å². The number of hydrogen-bond donors (Lipinski definition) is 0. The fourth-order valence-electron chi connectivity index (χ4n) is 1.94. The highest BCUT2D eigenvalue weighted by molar-refractivity contribution is 6.35. The number of Topliss-reactive ketones (excluding diaryl/α,β-unsaturated/α-hetero) is 1. The van der Waals surface area contributed by atoms with E-state index in [1.54, 1.807) is 19.1 Å². The molecule has 0 unspecified atom stereocenters. The van der Waals surface area contributed by atoms with Gasteiger partial charge in [0, 0.05) is 22.7 Å². The number of carbonyl (C=O) groups is 2. The maximum Gasteiger partial charge on any atom is 0.407 e. The van der Waals surface area contributed by atoms with Crippen molar-refractivity contribution in [3.8, 4) is 0 Å². The molecule has 0 heterocycles. The Morgan fingerprint density at radius 1 is 1.32 bits per heavy atom. The number of ether oxygens (including phenoxy) is 1. The Kier molecular flexibility index (Phi) is 8.38. The molecule has 0 radical (unpaired) electrons. The van der Waals surface area contributed by atoms with Crippen LogP contribution < -0.4 is 0 Å². The zero-order chi connectivity index (χ0) is 19.0. The third kappa shape index (κ3) is 7.88. The lowest BCUT2D eigenvalue weighted by molar-refractivity contribution is -0.151. The second kappa shape index (κ2) is 9.77. The molecule has 1 aromatic carbocycles. The van der Waals surface area contributed by atoms with E-state index in [1.807, 2.05) is 0 Å². The van der Waals surface area contributed by atoms with Crippen LogP contribution in [0, 0.1) is 5.92 Å². The molecule has 1 atom stereocenters. The molecule has 1 rings (SSSR count). The summed E-state index contributed by atoms with van der Waals surface area (Å²) in [5.41, 5.74) is 0.504. The van der Waals surface area contributed by atoms with Crippen LogP contribution in [-0.4, -0.2) is 37.3 Å². The molecule has 138 valence electrons. The van der Waals surface area contributed by atoms with Gasteiger partial charge in [0.2, 0.25) is 0 Å². The first-order valence-corrected chi connectivity index (χ1v) is 8.08. The Morgan fingerprint density at radius 3 is 2.56 bits per heavy atom. The molecule has 0 saturated carbocycles. The van der Waals surface area contributed by atoms with Crippen LogP contribution in [0.15, 0.2) is 23.2 Å². The van der Waals surface area contributed by atoms with Gasteiger partial charge >= 0.3 is 12.1 Å². The van der Waals surface area contributed by atoms with Crippen LogP contribution in [0.3, 0.4) is 0 Å². The van der Waals surface area contributed by atoms with E-state index < -0.39 is 36.8 Å². The minimum atomic E-state index is -4.45. The summed E-state index contributed by atoms with van der Waals surface area (Å²) in [5, 5.41) is 0.674. The van der Waals surface area contributed by atoms with Gasteiger partial charge in [0.25, 0.3) is 0 Å². The lowest BCUT2D eigenvalue weighted by atomic mass is 9.93. The van der Waals surface area contributed by atoms with Gasteiger partial charge < -0.3 is 4.74 Å². The quantitative estimate of drug-likeness (QED) is 0.373. The molecule has 0 aliphatic rings. The number of halogens is 5. The van der Waals surface area contributed by atoms with E-state index in [-0.39, 0.29) is 18.1 Å². The fraction of sp³-hybridized carbons (Fsp3) is 0.438. The molecular weight excluding hydrogens is 382 g/mol. The maximum absolute atomic E-state index is 12.2. The van der Waals surface area contributed by atoms with Crippen LogP contribution in [0.1, 0.15) is 18.9 Å². The largest absolute Gasteiger partial charge is 0.465 e. The Labute approximate surface area is 153 Å². The van der Waals surface area contributed by atoms with Crippen LogP contribution in [0.2, 0.25) is 10.0 Å². The van der Waals surface area contributed by atoms with E-state index in [2.05, 4.69) is 4.99 Å². The molecule has 0 fully saturated rings. The average molecular weight is 398 g/mol. The Morgan fingerprint density at radius 2 is 2.00 bits per heavy atom. The number of ketones is 1. The SMILES string of the molecule is CCOC(=O)[C@H](Cc1ccc(Cl)cc1Cl)C(=O)CC=NCC(F)(F)F. The van der Waals surface area contributed by atoms with Gasteiger partial charge in [-0.2, -0.15) is 13.2 Å². The van der Waals surface area contributed by atoms with Crippen molar-refractivity contribution >= 4 is 41.2 Å².